The van der Waals surface area contributed by atoms with E-state index >= 15 is 0 Å². The number of aryl methyl sites for hydroxylation is 1. The molecule has 0 amide bonds. The Morgan fingerprint density at radius 1 is 0.760 bits per heavy atom. The predicted octanol–water partition coefficient (Wildman–Crippen LogP) is 6.14. The van der Waals surface area contributed by atoms with Crippen LogP contribution in [0.15, 0.2) is 60.7 Å². The van der Waals surface area contributed by atoms with Crippen LogP contribution in [0.1, 0.15) is 37.9 Å². The second-order valence-corrected chi connectivity index (χ2v) is 6.88. The monoisotopic (exact) mass is 326 g/mol. The van der Waals surface area contributed by atoms with E-state index in [1.165, 1.54) is 10.9 Å². The highest BCUT2D eigenvalue weighted by Crippen LogP contribution is 2.26. The highest BCUT2D eigenvalue weighted by atomic mass is 14.7. The summed E-state index contributed by atoms with van der Waals surface area (Å²) < 4.78 is 0. The quantitative estimate of drug-likeness (QED) is 0.452. The molecule has 2 aromatic carbocycles. The average molecular weight is 326 g/mol. The van der Waals surface area contributed by atoms with Crippen molar-refractivity contribution in [1.82, 2.24) is 9.97 Å². The van der Waals surface area contributed by atoms with Gasteiger partial charge in [-0.2, -0.15) is 0 Å². The number of pyridine rings is 2. The molecule has 0 atom stereocenters. The molecule has 0 saturated carbocycles. The molecular weight excluding hydrogens is 304 g/mol. The van der Waals surface area contributed by atoms with E-state index < -0.39 is 0 Å². The number of nitrogens with zero attached hydrogens (tertiary/aromatic N) is 2. The fourth-order valence-electron chi connectivity index (χ4n) is 3.17. The van der Waals surface area contributed by atoms with Crippen LogP contribution in [0.5, 0.6) is 0 Å². The average Bonchev–Trinajstić information content (AvgIpc) is 2.66. The molecule has 0 N–H and O–H groups in total. The van der Waals surface area contributed by atoms with Crippen molar-refractivity contribution in [2.75, 3.05) is 0 Å². The maximum absolute atomic E-state index is 4.89. The maximum Gasteiger partial charge on any atom is 0.0712 e. The van der Waals surface area contributed by atoms with Crippen molar-refractivity contribution in [3.8, 4) is 11.3 Å². The summed E-state index contributed by atoms with van der Waals surface area (Å²) in [6.07, 6.45) is 1.03. The van der Waals surface area contributed by atoms with Crippen molar-refractivity contribution in [2.45, 2.75) is 33.1 Å². The van der Waals surface area contributed by atoms with Gasteiger partial charge in [-0.15, -0.1) is 0 Å². The molecule has 0 radical (unpaired) electrons. The molecule has 2 heterocycles. The Labute approximate surface area is 148 Å². The fraction of sp³-hybridized carbons (Fsp3) is 0.217. The van der Waals surface area contributed by atoms with Gasteiger partial charge in [-0.25, -0.2) is 4.98 Å². The van der Waals surface area contributed by atoms with Gasteiger partial charge in [0.2, 0.25) is 0 Å². The summed E-state index contributed by atoms with van der Waals surface area (Å²) in [5, 5.41) is 2.34. The van der Waals surface area contributed by atoms with E-state index in [2.05, 4.69) is 81.4 Å². The van der Waals surface area contributed by atoms with Gasteiger partial charge < -0.3 is 0 Å². The van der Waals surface area contributed by atoms with Crippen molar-refractivity contribution in [2.24, 2.45) is 0 Å². The smallest absolute Gasteiger partial charge is 0.0712 e. The Morgan fingerprint density at radius 3 is 2.36 bits per heavy atom. The normalized spacial score (nSPS) is 11.5. The number of aromatic nitrogens is 2. The van der Waals surface area contributed by atoms with Gasteiger partial charge in [-0.05, 0) is 48.2 Å². The van der Waals surface area contributed by atoms with E-state index in [1.807, 2.05) is 0 Å². The first-order valence-electron chi connectivity index (χ1n) is 8.95. The summed E-state index contributed by atoms with van der Waals surface area (Å²) >= 11 is 0. The van der Waals surface area contributed by atoms with Crippen LogP contribution in [-0.4, -0.2) is 9.97 Å². The molecule has 124 valence electrons. The third-order valence-electron chi connectivity index (χ3n) is 4.76. The Kier molecular flexibility index (Phi) is 3.96. The molecule has 0 aliphatic rings. The lowest BCUT2D eigenvalue weighted by atomic mass is 10.0. The summed E-state index contributed by atoms with van der Waals surface area (Å²) in [4.78, 5) is 9.65. The minimum atomic E-state index is 0.444. The van der Waals surface area contributed by atoms with Gasteiger partial charge in [0.15, 0.2) is 0 Å². The van der Waals surface area contributed by atoms with Gasteiger partial charge in [0, 0.05) is 22.0 Å². The van der Waals surface area contributed by atoms with Crippen LogP contribution < -0.4 is 0 Å². The van der Waals surface area contributed by atoms with E-state index in [0.717, 1.165) is 39.8 Å². The van der Waals surface area contributed by atoms with Gasteiger partial charge in [-0.3, -0.25) is 4.98 Å². The number of hydrogen-bond acceptors (Lipinski definition) is 2. The zero-order chi connectivity index (χ0) is 17.4. The molecule has 2 nitrogen and oxygen atoms in total. The van der Waals surface area contributed by atoms with Gasteiger partial charge in [0.25, 0.3) is 0 Å². The summed E-state index contributed by atoms with van der Waals surface area (Å²) in [7, 11) is 0. The molecule has 0 aliphatic carbocycles. The van der Waals surface area contributed by atoms with Crippen molar-refractivity contribution in [1.29, 1.82) is 0 Å². The van der Waals surface area contributed by atoms with E-state index in [-0.39, 0.29) is 0 Å². The molecule has 0 spiro atoms. The first-order chi connectivity index (χ1) is 12.1. The molecule has 4 rings (SSSR count). The van der Waals surface area contributed by atoms with Crippen molar-refractivity contribution in [3.63, 3.8) is 0 Å². The van der Waals surface area contributed by atoms with Crippen molar-refractivity contribution < 1.29 is 0 Å². The number of rotatable bonds is 3. The number of benzene rings is 2. The zero-order valence-corrected chi connectivity index (χ0v) is 15.0. The van der Waals surface area contributed by atoms with Crippen LogP contribution in [0, 0.1) is 0 Å². The van der Waals surface area contributed by atoms with Crippen molar-refractivity contribution in [3.05, 3.63) is 71.9 Å². The first-order valence-corrected chi connectivity index (χ1v) is 8.95. The van der Waals surface area contributed by atoms with E-state index in [1.54, 1.807) is 0 Å². The van der Waals surface area contributed by atoms with Crippen LogP contribution >= 0.6 is 0 Å². The maximum atomic E-state index is 4.89. The van der Waals surface area contributed by atoms with Gasteiger partial charge in [-0.1, -0.05) is 51.1 Å². The Balaban J connectivity index is 1.80. The van der Waals surface area contributed by atoms with Gasteiger partial charge in [0.1, 0.15) is 0 Å². The minimum Gasteiger partial charge on any atom is -0.253 e. The molecule has 0 fully saturated rings. The van der Waals surface area contributed by atoms with Crippen LogP contribution in [0.4, 0.5) is 0 Å². The lowest BCUT2D eigenvalue weighted by Gasteiger charge is -2.08. The molecule has 4 aromatic rings. The topological polar surface area (TPSA) is 25.8 Å². The van der Waals surface area contributed by atoms with E-state index in [4.69, 9.17) is 9.97 Å². The minimum absolute atomic E-state index is 0.444. The zero-order valence-electron chi connectivity index (χ0n) is 15.0. The van der Waals surface area contributed by atoms with Crippen LogP contribution in [0.3, 0.4) is 0 Å². The molecular formula is C23H22N2. The van der Waals surface area contributed by atoms with Gasteiger partial charge >= 0.3 is 0 Å². The van der Waals surface area contributed by atoms with Crippen molar-refractivity contribution >= 4 is 21.8 Å². The lowest BCUT2D eigenvalue weighted by molar-refractivity contribution is 0.830. The third kappa shape index (κ3) is 3.00. The largest absolute Gasteiger partial charge is 0.253 e. The standard InChI is InChI=1S/C23H22N2/c1-4-16-5-6-17-7-11-22(25-23(17)13-16)19-9-12-21-18(14-19)8-10-20(24-21)15(2)3/h5-15H,4H2,1-3H3. The molecule has 0 saturated heterocycles. The molecule has 0 bridgehead atoms. The fourth-order valence-corrected chi connectivity index (χ4v) is 3.17. The first kappa shape index (κ1) is 15.8. The van der Waals surface area contributed by atoms with Gasteiger partial charge in [0.05, 0.1) is 16.7 Å². The van der Waals surface area contributed by atoms with E-state index in [9.17, 15) is 0 Å². The lowest BCUT2D eigenvalue weighted by Crippen LogP contribution is -1.93. The third-order valence-corrected chi connectivity index (χ3v) is 4.76. The summed E-state index contributed by atoms with van der Waals surface area (Å²) in [5.41, 5.74) is 6.71. The molecule has 2 aromatic heterocycles. The second kappa shape index (κ2) is 6.29. The Bertz CT molecular complexity index is 1060. The summed E-state index contributed by atoms with van der Waals surface area (Å²) in [6, 6.07) is 21.5. The molecule has 2 heteroatoms. The predicted molar refractivity (Wildman–Crippen MR) is 106 cm³/mol. The SMILES string of the molecule is CCc1ccc2ccc(-c3ccc4nc(C(C)C)ccc4c3)nc2c1. The van der Waals surface area contributed by atoms with E-state index in [0.29, 0.717) is 5.92 Å². The number of hydrogen-bond donors (Lipinski definition) is 0. The highest BCUT2D eigenvalue weighted by Gasteiger charge is 2.06. The Hall–Kier alpha value is -2.74. The molecule has 0 unspecified atom stereocenters. The summed E-state index contributed by atoms with van der Waals surface area (Å²) in [5.74, 6) is 0.444. The van der Waals surface area contributed by atoms with Crippen LogP contribution in [0.25, 0.3) is 33.1 Å². The summed E-state index contributed by atoms with van der Waals surface area (Å²) in [6.45, 7) is 6.52. The van der Waals surface area contributed by atoms with Crippen LogP contribution in [-0.2, 0) is 6.42 Å². The molecule has 25 heavy (non-hydrogen) atoms. The Morgan fingerprint density at radius 2 is 1.56 bits per heavy atom. The van der Waals surface area contributed by atoms with Crippen LogP contribution in [0.2, 0.25) is 0 Å². The number of fused-ring (bicyclic) bond motifs is 2. The highest BCUT2D eigenvalue weighted by molar-refractivity contribution is 5.86. The second-order valence-electron chi connectivity index (χ2n) is 6.88. The molecule has 0 aliphatic heterocycles.